The van der Waals surface area contributed by atoms with E-state index < -0.39 is 6.10 Å². The van der Waals surface area contributed by atoms with Gasteiger partial charge in [0.25, 0.3) is 0 Å². The molecule has 0 saturated carbocycles. The van der Waals surface area contributed by atoms with Gasteiger partial charge in [-0.3, -0.25) is 0 Å². The van der Waals surface area contributed by atoms with Gasteiger partial charge in [0.1, 0.15) is 6.26 Å². The molecule has 4 nitrogen and oxygen atoms in total. The lowest BCUT2D eigenvalue weighted by Crippen LogP contribution is -2.21. The van der Waals surface area contributed by atoms with Crippen molar-refractivity contribution in [2.24, 2.45) is 0 Å². The van der Waals surface area contributed by atoms with Gasteiger partial charge in [0, 0.05) is 29.7 Å². The number of rotatable bonds is 5. The fraction of sp³-hybridized carbons (Fsp3) is 0.250. The van der Waals surface area contributed by atoms with E-state index in [1.165, 1.54) is 6.26 Å². The monoisotopic (exact) mass is 252 g/mol. The first-order chi connectivity index (χ1) is 8.27. The molecule has 90 valence electrons. The van der Waals surface area contributed by atoms with Crippen LogP contribution in [0.2, 0.25) is 5.02 Å². The van der Waals surface area contributed by atoms with Crippen LogP contribution in [-0.2, 0) is 6.54 Å². The van der Waals surface area contributed by atoms with Crippen LogP contribution in [0.15, 0.2) is 41.1 Å². The van der Waals surface area contributed by atoms with Crippen LogP contribution in [0.5, 0.6) is 0 Å². The summed E-state index contributed by atoms with van der Waals surface area (Å²) in [5.41, 5.74) is 1.53. The zero-order chi connectivity index (χ0) is 12.1. The second-order valence-corrected chi connectivity index (χ2v) is 4.07. The Morgan fingerprint density at radius 3 is 2.88 bits per heavy atom. The lowest BCUT2D eigenvalue weighted by Gasteiger charge is -2.12. The van der Waals surface area contributed by atoms with Crippen molar-refractivity contribution in [3.8, 4) is 0 Å². The Bertz CT molecular complexity index is 459. The normalized spacial score (nSPS) is 12.6. The summed E-state index contributed by atoms with van der Waals surface area (Å²) in [5, 5.41) is 17.4. The van der Waals surface area contributed by atoms with Gasteiger partial charge in [-0.15, -0.1) is 0 Å². The van der Waals surface area contributed by atoms with Gasteiger partial charge in [0.15, 0.2) is 0 Å². The van der Waals surface area contributed by atoms with Crippen LogP contribution in [0, 0.1) is 0 Å². The number of aliphatic hydroxyl groups excluding tert-OH is 1. The van der Waals surface area contributed by atoms with E-state index in [9.17, 15) is 5.11 Å². The minimum Gasteiger partial charge on any atom is -0.387 e. The highest BCUT2D eigenvalue weighted by Gasteiger charge is 2.10. The molecule has 0 radical (unpaired) electrons. The maximum atomic E-state index is 9.94. The Labute approximate surface area is 104 Å². The summed E-state index contributed by atoms with van der Waals surface area (Å²) in [6, 6.07) is 9.03. The van der Waals surface area contributed by atoms with E-state index >= 15 is 0 Å². The summed E-state index contributed by atoms with van der Waals surface area (Å²) in [6.07, 6.45) is 0.886. The average molecular weight is 253 g/mol. The Balaban J connectivity index is 1.85. The van der Waals surface area contributed by atoms with Crippen LogP contribution < -0.4 is 5.32 Å². The van der Waals surface area contributed by atoms with Crippen LogP contribution in [0.25, 0.3) is 0 Å². The molecule has 0 saturated heterocycles. The lowest BCUT2D eigenvalue weighted by atomic mass is 10.1. The number of hydrogen-bond acceptors (Lipinski definition) is 4. The van der Waals surface area contributed by atoms with E-state index in [0.717, 1.165) is 11.3 Å². The Hall–Kier alpha value is -1.36. The first kappa shape index (κ1) is 12.1. The van der Waals surface area contributed by atoms with Crippen LogP contribution >= 0.6 is 11.6 Å². The van der Waals surface area contributed by atoms with E-state index in [2.05, 4.69) is 10.5 Å². The van der Waals surface area contributed by atoms with Gasteiger partial charge in [-0.1, -0.05) is 35.0 Å². The fourth-order valence-electron chi connectivity index (χ4n) is 1.52. The quantitative estimate of drug-likeness (QED) is 0.856. The van der Waals surface area contributed by atoms with Crippen molar-refractivity contribution in [3.05, 3.63) is 52.9 Å². The maximum Gasteiger partial charge on any atom is 0.124 e. The second kappa shape index (κ2) is 5.82. The molecule has 5 heteroatoms. The Kier molecular flexibility index (Phi) is 4.14. The number of benzene rings is 1. The molecule has 0 fully saturated rings. The Morgan fingerprint density at radius 2 is 2.18 bits per heavy atom. The smallest absolute Gasteiger partial charge is 0.124 e. The highest BCUT2D eigenvalue weighted by molar-refractivity contribution is 6.31. The molecule has 0 aliphatic rings. The zero-order valence-electron chi connectivity index (χ0n) is 9.14. The zero-order valence-corrected chi connectivity index (χ0v) is 9.89. The van der Waals surface area contributed by atoms with Crippen LogP contribution in [-0.4, -0.2) is 16.8 Å². The van der Waals surface area contributed by atoms with Gasteiger partial charge in [0.05, 0.1) is 11.8 Å². The Morgan fingerprint density at radius 1 is 1.35 bits per heavy atom. The molecule has 0 aliphatic carbocycles. The predicted octanol–water partition coefficient (Wildman–Crippen LogP) is 2.15. The van der Waals surface area contributed by atoms with E-state index in [1.54, 1.807) is 12.1 Å². The molecule has 2 N–H and O–H groups in total. The van der Waals surface area contributed by atoms with Crippen LogP contribution in [0.3, 0.4) is 0 Å². The summed E-state index contributed by atoms with van der Waals surface area (Å²) in [6.45, 7) is 0.967. The van der Waals surface area contributed by atoms with Crippen molar-refractivity contribution in [3.63, 3.8) is 0 Å². The molecule has 1 atom stereocenters. The molecule has 1 aromatic heterocycles. The molecule has 1 unspecified atom stereocenters. The average Bonchev–Trinajstić information content (AvgIpc) is 2.82. The van der Waals surface area contributed by atoms with Gasteiger partial charge >= 0.3 is 0 Å². The highest BCUT2D eigenvalue weighted by Crippen LogP contribution is 2.21. The van der Waals surface area contributed by atoms with Gasteiger partial charge in [-0.25, -0.2) is 0 Å². The summed E-state index contributed by atoms with van der Waals surface area (Å²) in [7, 11) is 0. The van der Waals surface area contributed by atoms with Crippen LogP contribution in [0.1, 0.15) is 17.4 Å². The molecular formula is C12H13ClN2O2. The second-order valence-electron chi connectivity index (χ2n) is 3.66. The molecule has 2 rings (SSSR count). The van der Waals surface area contributed by atoms with E-state index in [4.69, 9.17) is 16.1 Å². The van der Waals surface area contributed by atoms with E-state index in [1.807, 2.05) is 18.2 Å². The van der Waals surface area contributed by atoms with Crippen molar-refractivity contribution in [1.82, 2.24) is 10.5 Å². The molecule has 1 heterocycles. The van der Waals surface area contributed by atoms with Crippen molar-refractivity contribution in [2.75, 3.05) is 6.54 Å². The third-order valence-electron chi connectivity index (χ3n) is 2.40. The first-order valence-corrected chi connectivity index (χ1v) is 5.67. The molecule has 1 aromatic carbocycles. The topological polar surface area (TPSA) is 58.3 Å². The number of aliphatic hydroxyl groups is 1. The van der Waals surface area contributed by atoms with Crippen LogP contribution in [0.4, 0.5) is 0 Å². The van der Waals surface area contributed by atoms with Crippen molar-refractivity contribution in [1.29, 1.82) is 0 Å². The van der Waals surface area contributed by atoms with Gasteiger partial charge < -0.3 is 14.9 Å². The number of hydrogen-bond donors (Lipinski definition) is 2. The molecule has 17 heavy (non-hydrogen) atoms. The predicted molar refractivity (Wildman–Crippen MR) is 64.6 cm³/mol. The largest absolute Gasteiger partial charge is 0.387 e. The molecule has 0 amide bonds. The highest BCUT2D eigenvalue weighted by atomic mass is 35.5. The van der Waals surface area contributed by atoms with E-state index in [-0.39, 0.29) is 0 Å². The maximum absolute atomic E-state index is 9.94. The van der Waals surface area contributed by atoms with Gasteiger partial charge in [0.2, 0.25) is 0 Å². The van der Waals surface area contributed by atoms with E-state index in [0.29, 0.717) is 18.1 Å². The van der Waals surface area contributed by atoms with Crippen molar-refractivity contribution >= 4 is 11.6 Å². The molecule has 0 bridgehead atoms. The van der Waals surface area contributed by atoms with Gasteiger partial charge in [-0.2, -0.15) is 0 Å². The fourth-order valence-corrected chi connectivity index (χ4v) is 1.78. The number of halogens is 1. The molecule has 0 aliphatic heterocycles. The SMILES string of the molecule is OC(CNCc1ccon1)c1ccccc1Cl. The molecule has 2 aromatic rings. The minimum absolute atomic E-state index is 0.413. The number of nitrogens with one attached hydrogen (secondary N) is 1. The molecule has 0 spiro atoms. The van der Waals surface area contributed by atoms with Gasteiger partial charge in [-0.05, 0) is 6.07 Å². The number of aromatic nitrogens is 1. The lowest BCUT2D eigenvalue weighted by molar-refractivity contribution is 0.174. The standard InChI is InChI=1S/C12H13ClN2O2/c13-11-4-2-1-3-10(11)12(16)8-14-7-9-5-6-17-15-9/h1-6,12,14,16H,7-8H2. The van der Waals surface area contributed by atoms with Crippen molar-refractivity contribution in [2.45, 2.75) is 12.6 Å². The third kappa shape index (κ3) is 3.30. The third-order valence-corrected chi connectivity index (χ3v) is 2.74. The van der Waals surface area contributed by atoms with Crippen molar-refractivity contribution < 1.29 is 9.63 Å². The summed E-state index contributed by atoms with van der Waals surface area (Å²) in [5.74, 6) is 0. The number of nitrogens with zero attached hydrogens (tertiary/aromatic N) is 1. The summed E-state index contributed by atoms with van der Waals surface area (Å²) >= 11 is 5.98. The minimum atomic E-state index is -0.629. The summed E-state index contributed by atoms with van der Waals surface area (Å²) in [4.78, 5) is 0. The molecular weight excluding hydrogens is 240 g/mol. The first-order valence-electron chi connectivity index (χ1n) is 5.30. The summed E-state index contributed by atoms with van der Waals surface area (Å²) < 4.78 is 4.70.